The Morgan fingerprint density at radius 2 is 1.87 bits per heavy atom. The molecule has 0 aliphatic rings. The van der Waals surface area contributed by atoms with Gasteiger partial charge in [0, 0.05) is 12.2 Å². The maximum absolute atomic E-state index is 13.3. The Morgan fingerprint density at radius 1 is 1.17 bits per heavy atom. The van der Waals surface area contributed by atoms with E-state index >= 15 is 0 Å². The van der Waals surface area contributed by atoms with Gasteiger partial charge in [0.2, 0.25) is 0 Å². The standard InChI is InChI=1S/C18H22FN3O/c1-12-8-13(2)10-15(9-12)22-18(20)21-7-6-14-4-5-16(19)17(11-14)23-3/h4-5,8-11H,6-7H2,1-3H3,(H3,20,21,22). The molecule has 0 aliphatic heterocycles. The number of rotatable bonds is 5. The van der Waals surface area contributed by atoms with Gasteiger partial charge in [0.1, 0.15) is 0 Å². The van der Waals surface area contributed by atoms with Gasteiger partial charge in [-0.15, -0.1) is 0 Å². The zero-order valence-electron chi connectivity index (χ0n) is 13.7. The van der Waals surface area contributed by atoms with Crippen LogP contribution in [0.4, 0.5) is 10.1 Å². The molecule has 0 saturated carbocycles. The van der Waals surface area contributed by atoms with Crippen molar-refractivity contribution in [3.8, 4) is 5.75 Å². The lowest BCUT2D eigenvalue weighted by atomic mass is 10.1. The highest BCUT2D eigenvalue weighted by Gasteiger charge is 2.03. The van der Waals surface area contributed by atoms with E-state index in [4.69, 9.17) is 10.5 Å². The van der Waals surface area contributed by atoms with Gasteiger partial charge in [-0.25, -0.2) is 4.39 Å². The Balaban J connectivity index is 1.94. The number of nitrogens with zero attached hydrogens (tertiary/aromatic N) is 1. The van der Waals surface area contributed by atoms with Crippen LogP contribution in [0, 0.1) is 19.7 Å². The predicted octanol–water partition coefficient (Wildman–Crippen LogP) is 3.42. The van der Waals surface area contributed by atoms with E-state index in [0.717, 1.165) is 11.3 Å². The van der Waals surface area contributed by atoms with Crippen LogP contribution in [0.2, 0.25) is 0 Å². The van der Waals surface area contributed by atoms with Gasteiger partial charge in [0.05, 0.1) is 7.11 Å². The topological polar surface area (TPSA) is 59.6 Å². The van der Waals surface area contributed by atoms with Crippen molar-refractivity contribution in [3.63, 3.8) is 0 Å². The largest absolute Gasteiger partial charge is 0.494 e. The summed E-state index contributed by atoms with van der Waals surface area (Å²) in [6.07, 6.45) is 0.659. The number of guanidine groups is 1. The third kappa shape index (κ3) is 4.98. The Morgan fingerprint density at radius 3 is 2.52 bits per heavy atom. The van der Waals surface area contributed by atoms with Gasteiger partial charge in [-0.05, 0) is 61.2 Å². The second kappa shape index (κ2) is 7.63. The molecule has 0 fully saturated rings. The molecular weight excluding hydrogens is 293 g/mol. The fourth-order valence-electron chi connectivity index (χ4n) is 2.40. The number of aryl methyl sites for hydroxylation is 2. The molecule has 0 aliphatic carbocycles. The summed E-state index contributed by atoms with van der Waals surface area (Å²) in [5, 5.41) is 3.08. The van der Waals surface area contributed by atoms with E-state index < -0.39 is 0 Å². The number of hydrogen-bond acceptors (Lipinski definition) is 2. The molecule has 4 nitrogen and oxygen atoms in total. The Kier molecular flexibility index (Phi) is 5.57. The summed E-state index contributed by atoms with van der Waals surface area (Å²) in [6, 6.07) is 10.9. The molecule has 3 N–H and O–H groups in total. The Bertz CT molecular complexity index is 693. The maximum atomic E-state index is 13.3. The number of halogens is 1. The minimum Gasteiger partial charge on any atom is -0.494 e. The van der Waals surface area contributed by atoms with Crippen LogP contribution >= 0.6 is 0 Å². The van der Waals surface area contributed by atoms with Crippen molar-refractivity contribution >= 4 is 11.6 Å². The minimum absolute atomic E-state index is 0.243. The van der Waals surface area contributed by atoms with Gasteiger partial charge in [-0.1, -0.05) is 12.1 Å². The van der Waals surface area contributed by atoms with Gasteiger partial charge in [0.15, 0.2) is 17.5 Å². The SMILES string of the molecule is COc1cc(CCN=C(N)Nc2cc(C)cc(C)c2)ccc1F. The molecule has 0 amide bonds. The summed E-state index contributed by atoms with van der Waals surface area (Å²) in [5.41, 5.74) is 10.1. The highest BCUT2D eigenvalue weighted by molar-refractivity contribution is 5.92. The minimum atomic E-state index is -0.365. The molecule has 2 aromatic rings. The summed E-state index contributed by atoms with van der Waals surface area (Å²) in [4.78, 5) is 4.30. The van der Waals surface area contributed by atoms with Crippen LogP contribution in [0.25, 0.3) is 0 Å². The van der Waals surface area contributed by atoms with Gasteiger partial charge >= 0.3 is 0 Å². The molecule has 0 spiro atoms. The van der Waals surface area contributed by atoms with Crippen molar-refractivity contribution in [2.24, 2.45) is 10.7 Å². The van der Waals surface area contributed by atoms with Crippen molar-refractivity contribution < 1.29 is 9.13 Å². The van der Waals surface area contributed by atoms with Crippen LogP contribution in [-0.4, -0.2) is 19.6 Å². The molecule has 0 saturated heterocycles. The van der Waals surface area contributed by atoms with Gasteiger partial charge < -0.3 is 15.8 Å². The van der Waals surface area contributed by atoms with E-state index in [2.05, 4.69) is 16.4 Å². The lowest BCUT2D eigenvalue weighted by Crippen LogP contribution is -2.23. The van der Waals surface area contributed by atoms with Gasteiger partial charge in [0.25, 0.3) is 0 Å². The van der Waals surface area contributed by atoms with Crippen LogP contribution in [0.1, 0.15) is 16.7 Å². The number of benzene rings is 2. The summed E-state index contributed by atoms with van der Waals surface area (Å²) in [6.45, 7) is 4.58. The first-order valence-corrected chi connectivity index (χ1v) is 7.45. The first kappa shape index (κ1) is 16.8. The zero-order chi connectivity index (χ0) is 16.8. The van der Waals surface area contributed by atoms with Crippen molar-refractivity contribution in [1.82, 2.24) is 0 Å². The Hall–Kier alpha value is -2.56. The van der Waals surface area contributed by atoms with Gasteiger partial charge in [-0.2, -0.15) is 0 Å². The van der Waals surface area contributed by atoms with Crippen molar-refractivity contribution in [1.29, 1.82) is 0 Å². The molecule has 0 unspecified atom stereocenters. The van der Waals surface area contributed by atoms with E-state index in [0.29, 0.717) is 18.9 Å². The normalized spacial score (nSPS) is 11.4. The number of nitrogens with two attached hydrogens (primary N) is 1. The quantitative estimate of drug-likeness (QED) is 0.656. The van der Waals surface area contributed by atoms with E-state index in [1.54, 1.807) is 12.1 Å². The summed E-state index contributed by atoms with van der Waals surface area (Å²) in [7, 11) is 1.45. The summed E-state index contributed by atoms with van der Waals surface area (Å²) < 4.78 is 18.3. The van der Waals surface area contributed by atoms with E-state index in [1.807, 2.05) is 26.0 Å². The third-order valence-electron chi connectivity index (χ3n) is 3.39. The van der Waals surface area contributed by atoms with E-state index in [9.17, 15) is 4.39 Å². The smallest absolute Gasteiger partial charge is 0.193 e. The van der Waals surface area contributed by atoms with Crippen molar-refractivity contribution in [2.75, 3.05) is 19.0 Å². The van der Waals surface area contributed by atoms with Crippen molar-refractivity contribution in [2.45, 2.75) is 20.3 Å². The molecule has 0 atom stereocenters. The first-order chi connectivity index (χ1) is 11.0. The predicted molar refractivity (Wildman–Crippen MR) is 92.7 cm³/mol. The number of anilines is 1. The molecular formula is C18H22FN3O. The second-order valence-electron chi connectivity index (χ2n) is 5.49. The molecule has 2 rings (SSSR count). The number of methoxy groups -OCH3 is 1. The molecule has 5 heteroatoms. The number of ether oxygens (including phenoxy) is 1. The summed E-state index contributed by atoms with van der Waals surface area (Å²) >= 11 is 0. The average molecular weight is 315 g/mol. The number of nitrogens with one attached hydrogen (secondary N) is 1. The highest BCUT2D eigenvalue weighted by atomic mass is 19.1. The molecule has 0 heterocycles. The monoisotopic (exact) mass is 315 g/mol. The lowest BCUT2D eigenvalue weighted by Gasteiger charge is -2.08. The number of hydrogen-bond donors (Lipinski definition) is 2. The van der Waals surface area contributed by atoms with E-state index in [-0.39, 0.29) is 11.6 Å². The van der Waals surface area contributed by atoms with Gasteiger partial charge in [-0.3, -0.25) is 4.99 Å². The number of aliphatic imine (C=N–C) groups is 1. The van der Waals surface area contributed by atoms with Crippen molar-refractivity contribution in [3.05, 3.63) is 58.9 Å². The fourth-order valence-corrected chi connectivity index (χ4v) is 2.40. The molecule has 2 aromatic carbocycles. The molecule has 122 valence electrons. The van der Waals surface area contributed by atoms with Crippen LogP contribution < -0.4 is 15.8 Å². The maximum Gasteiger partial charge on any atom is 0.193 e. The molecule has 0 radical (unpaired) electrons. The van der Waals surface area contributed by atoms with Crippen LogP contribution in [0.3, 0.4) is 0 Å². The fraction of sp³-hybridized carbons (Fsp3) is 0.278. The average Bonchev–Trinajstić information content (AvgIpc) is 2.47. The third-order valence-corrected chi connectivity index (χ3v) is 3.39. The first-order valence-electron chi connectivity index (χ1n) is 7.45. The van der Waals surface area contributed by atoms with E-state index in [1.165, 1.54) is 24.3 Å². The Labute approximate surface area is 136 Å². The van der Waals surface area contributed by atoms with Crippen LogP contribution in [0.5, 0.6) is 5.75 Å². The highest BCUT2D eigenvalue weighted by Crippen LogP contribution is 2.18. The lowest BCUT2D eigenvalue weighted by molar-refractivity contribution is 0.386. The summed E-state index contributed by atoms with van der Waals surface area (Å²) in [5.74, 6) is 0.243. The second-order valence-corrected chi connectivity index (χ2v) is 5.49. The molecule has 23 heavy (non-hydrogen) atoms. The zero-order valence-corrected chi connectivity index (χ0v) is 13.7. The van der Waals surface area contributed by atoms with Crippen LogP contribution in [0.15, 0.2) is 41.4 Å². The van der Waals surface area contributed by atoms with Crippen LogP contribution in [-0.2, 0) is 6.42 Å². The molecule has 0 aromatic heterocycles. The molecule has 0 bridgehead atoms.